The summed E-state index contributed by atoms with van der Waals surface area (Å²) < 4.78 is 11.8. The second-order valence-corrected chi connectivity index (χ2v) is 9.82. The lowest BCUT2D eigenvalue weighted by molar-refractivity contribution is 0.0165. The fourth-order valence-corrected chi connectivity index (χ4v) is 3.90. The van der Waals surface area contributed by atoms with Crippen LogP contribution in [-0.2, 0) is 4.74 Å². The fraction of sp³-hybridized carbons (Fsp3) is 0.640. The number of methoxy groups -OCH3 is 1. The number of likely N-dealkylation sites (N-methyl/N-ethyl adjacent to an activating group) is 1. The normalized spacial score (nSPS) is 21.5. The van der Waals surface area contributed by atoms with Crippen LogP contribution in [0, 0.1) is 5.92 Å². The zero-order valence-electron chi connectivity index (χ0n) is 22.2. The number of hydrogen-bond acceptors (Lipinski definition) is 5. The van der Waals surface area contributed by atoms with Gasteiger partial charge in [-0.3, -0.25) is 4.79 Å². The first-order valence-corrected chi connectivity index (χ1v) is 12.1. The van der Waals surface area contributed by atoms with E-state index in [1.165, 1.54) is 0 Å². The van der Waals surface area contributed by atoms with E-state index in [0.29, 0.717) is 30.1 Å². The number of hydrogen-bond donors (Lipinski definition) is 3. The van der Waals surface area contributed by atoms with Gasteiger partial charge in [0.2, 0.25) is 0 Å². The molecule has 3 N–H and O–H groups in total. The van der Waals surface area contributed by atoms with Crippen LogP contribution in [0.25, 0.3) is 0 Å². The zero-order valence-corrected chi connectivity index (χ0v) is 22.2. The molecule has 0 saturated heterocycles. The van der Waals surface area contributed by atoms with Crippen molar-refractivity contribution in [2.24, 2.45) is 5.92 Å². The van der Waals surface area contributed by atoms with E-state index in [2.05, 4.69) is 16.0 Å². The minimum Gasteiger partial charge on any atom is -0.491 e. The molecule has 35 heavy (non-hydrogen) atoms. The number of benzene rings is 1. The molecule has 1 heterocycles. The highest BCUT2D eigenvalue weighted by atomic mass is 16.5. The van der Waals surface area contributed by atoms with E-state index in [4.69, 9.17) is 9.47 Å². The van der Waals surface area contributed by atoms with Crippen LogP contribution in [0.1, 0.15) is 51.9 Å². The number of fused-ring (bicyclic) bond motifs is 1. The van der Waals surface area contributed by atoms with Gasteiger partial charge in [0.25, 0.3) is 5.91 Å². The summed E-state index contributed by atoms with van der Waals surface area (Å²) in [6.07, 6.45) is -0.285. The van der Waals surface area contributed by atoms with Crippen molar-refractivity contribution in [1.29, 1.82) is 0 Å². The van der Waals surface area contributed by atoms with Crippen molar-refractivity contribution in [3.8, 4) is 5.75 Å². The summed E-state index contributed by atoms with van der Waals surface area (Å²) in [5.41, 5.74) is 0.797. The van der Waals surface area contributed by atoms with E-state index in [1.54, 1.807) is 42.2 Å². The average molecular weight is 492 g/mol. The van der Waals surface area contributed by atoms with E-state index in [0.717, 1.165) is 0 Å². The first-order valence-electron chi connectivity index (χ1n) is 12.1. The van der Waals surface area contributed by atoms with Crippen LogP contribution in [-0.4, -0.2) is 85.9 Å². The molecule has 0 radical (unpaired) electrons. The number of rotatable bonds is 4. The number of carbonyl (C=O) groups excluding carboxylic acids is 3. The van der Waals surface area contributed by atoms with E-state index >= 15 is 0 Å². The van der Waals surface area contributed by atoms with Gasteiger partial charge in [0.1, 0.15) is 12.4 Å². The molecule has 10 nitrogen and oxygen atoms in total. The highest BCUT2D eigenvalue weighted by Crippen LogP contribution is 2.26. The fourth-order valence-electron chi connectivity index (χ4n) is 3.90. The molecule has 1 aromatic carbocycles. The van der Waals surface area contributed by atoms with Crippen LogP contribution in [0.5, 0.6) is 5.75 Å². The SMILES string of the molecule is CO[C@H]1CN(C)C(=O)c2cc(NC(=O)NC(C)C)ccc2OC[C@@H](C)N(C(=O)NC(C)C)C[C@@H]1C. The lowest BCUT2D eigenvalue weighted by Gasteiger charge is -2.36. The predicted molar refractivity (Wildman–Crippen MR) is 136 cm³/mol. The standard InChI is InChI=1S/C25H41N5O5/c1-15(2)26-24(32)28-19-9-10-21-20(11-19)23(31)29(7)13-22(34-8)17(5)12-30(18(6)14-35-21)25(33)27-16(3)4/h9-11,15-18,22H,12-14H2,1-8H3,(H,27,33)(H2,26,28,32)/t17-,18+,22-/m0/s1. The largest absolute Gasteiger partial charge is 0.491 e. The minimum atomic E-state index is -0.358. The minimum absolute atomic E-state index is 0.00571. The third-order valence-corrected chi connectivity index (χ3v) is 5.80. The molecule has 0 spiro atoms. The van der Waals surface area contributed by atoms with Crippen LogP contribution in [0.4, 0.5) is 15.3 Å². The third-order valence-electron chi connectivity index (χ3n) is 5.80. The molecule has 0 aromatic heterocycles. The maximum atomic E-state index is 13.4. The Morgan fingerprint density at radius 1 is 1.09 bits per heavy atom. The van der Waals surface area contributed by atoms with E-state index in [1.807, 2.05) is 41.5 Å². The molecule has 1 aromatic rings. The molecule has 1 aliphatic heterocycles. The van der Waals surface area contributed by atoms with Gasteiger partial charge in [-0.2, -0.15) is 0 Å². The van der Waals surface area contributed by atoms with Gasteiger partial charge in [0.05, 0.1) is 17.7 Å². The Bertz CT molecular complexity index is 891. The maximum absolute atomic E-state index is 13.4. The van der Waals surface area contributed by atoms with Crippen molar-refractivity contribution in [3.05, 3.63) is 23.8 Å². The zero-order chi connectivity index (χ0) is 26.3. The van der Waals surface area contributed by atoms with Crippen LogP contribution in [0.3, 0.4) is 0 Å². The van der Waals surface area contributed by atoms with Crippen molar-refractivity contribution in [2.75, 3.05) is 39.2 Å². The summed E-state index contributed by atoms with van der Waals surface area (Å²) in [6.45, 7) is 12.5. The van der Waals surface area contributed by atoms with Gasteiger partial charge in [-0.05, 0) is 52.8 Å². The second-order valence-electron chi connectivity index (χ2n) is 9.82. The molecule has 0 fully saturated rings. The summed E-state index contributed by atoms with van der Waals surface area (Å²) in [7, 11) is 3.31. The highest BCUT2D eigenvalue weighted by molar-refractivity contribution is 5.99. The van der Waals surface area contributed by atoms with Crippen molar-refractivity contribution in [1.82, 2.24) is 20.4 Å². The quantitative estimate of drug-likeness (QED) is 0.599. The molecule has 0 saturated carbocycles. The Morgan fingerprint density at radius 3 is 2.34 bits per heavy atom. The van der Waals surface area contributed by atoms with Gasteiger partial charge in [-0.25, -0.2) is 9.59 Å². The maximum Gasteiger partial charge on any atom is 0.319 e. The van der Waals surface area contributed by atoms with E-state index in [-0.39, 0.29) is 54.7 Å². The molecule has 1 aliphatic rings. The van der Waals surface area contributed by atoms with Crippen LogP contribution >= 0.6 is 0 Å². The Balaban J connectivity index is 2.41. The van der Waals surface area contributed by atoms with Gasteiger partial charge in [-0.1, -0.05) is 6.92 Å². The first-order chi connectivity index (χ1) is 16.4. The molecule has 0 unspecified atom stereocenters. The Hall–Kier alpha value is -3.01. The Labute approximate surface area is 208 Å². The number of nitrogens with one attached hydrogen (secondary N) is 3. The van der Waals surface area contributed by atoms with Crippen LogP contribution in [0.2, 0.25) is 0 Å². The Morgan fingerprint density at radius 2 is 1.74 bits per heavy atom. The lowest BCUT2D eigenvalue weighted by atomic mass is 10.0. The topological polar surface area (TPSA) is 112 Å². The summed E-state index contributed by atoms with van der Waals surface area (Å²) in [6, 6.07) is 4.14. The molecular weight excluding hydrogens is 450 g/mol. The molecule has 10 heteroatoms. The molecule has 3 atom stereocenters. The second kappa shape index (κ2) is 12.6. The van der Waals surface area contributed by atoms with E-state index < -0.39 is 0 Å². The van der Waals surface area contributed by atoms with Gasteiger partial charge in [-0.15, -0.1) is 0 Å². The highest BCUT2D eigenvalue weighted by Gasteiger charge is 2.30. The van der Waals surface area contributed by atoms with Gasteiger partial charge < -0.3 is 35.2 Å². The number of ether oxygens (including phenoxy) is 2. The number of urea groups is 2. The predicted octanol–water partition coefficient (Wildman–Crippen LogP) is 3.14. The van der Waals surface area contributed by atoms with Gasteiger partial charge in [0.15, 0.2) is 0 Å². The molecule has 196 valence electrons. The molecule has 0 aliphatic carbocycles. The third kappa shape index (κ3) is 8.02. The summed E-state index contributed by atoms with van der Waals surface area (Å²) in [5, 5.41) is 8.48. The van der Waals surface area contributed by atoms with Crippen LogP contribution in [0.15, 0.2) is 18.2 Å². The molecule has 2 rings (SSSR count). The summed E-state index contributed by atoms with van der Waals surface area (Å²) >= 11 is 0. The van der Waals surface area contributed by atoms with Gasteiger partial charge >= 0.3 is 12.1 Å². The number of anilines is 1. The number of carbonyl (C=O) groups is 3. The molecule has 5 amide bonds. The summed E-state index contributed by atoms with van der Waals surface area (Å²) in [4.78, 5) is 41.9. The van der Waals surface area contributed by atoms with Crippen molar-refractivity contribution >= 4 is 23.7 Å². The van der Waals surface area contributed by atoms with Crippen LogP contribution < -0.4 is 20.7 Å². The molecule has 0 bridgehead atoms. The monoisotopic (exact) mass is 491 g/mol. The van der Waals surface area contributed by atoms with Crippen molar-refractivity contribution in [3.63, 3.8) is 0 Å². The lowest BCUT2D eigenvalue weighted by Crippen LogP contribution is -2.52. The first kappa shape index (κ1) is 28.2. The smallest absolute Gasteiger partial charge is 0.319 e. The van der Waals surface area contributed by atoms with Gasteiger partial charge in [0, 0.05) is 50.9 Å². The summed E-state index contributed by atoms with van der Waals surface area (Å²) in [5.74, 6) is 0.0994. The van der Waals surface area contributed by atoms with Crippen molar-refractivity contribution in [2.45, 2.75) is 65.8 Å². The molecular formula is C25H41N5O5. The average Bonchev–Trinajstić information content (AvgIpc) is 2.77. The van der Waals surface area contributed by atoms with E-state index in [9.17, 15) is 14.4 Å². The Kier molecular flexibility index (Phi) is 10.2. The van der Waals surface area contributed by atoms with Crippen molar-refractivity contribution < 1.29 is 23.9 Å². The number of amides is 5. The number of nitrogens with zero attached hydrogens (tertiary/aromatic N) is 2.